The number of carbonyl (C=O) groups is 2. The van der Waals surface area contributed by atoms with E-state index in [1.165, 1.54) is 6.07 Å². The summed E-state index contributed by atoms with van der Waals surface area (Å²) in [4.78, 5) is 39.1. The molecule has 1 aliphatic heterocycles. The zero-order valence-electron chi connectivity index (χ0n) is 21.6. The summed E-state index contributed by atoms with van der Waals surface area (Å²) in [6.45, 7) is 0.992. The van der Waals surface area contributed by atoms with Gasteiger partial charge >= 0.3 is 6.18 Å². The number of nitrogens with zero attached hydrogens (tertiary/aromatic N) is 4. The Labute approximate surface area is 237 Å². The van der Waals surface area contributed by atoms with E-state index in [1.807, 2.05) is 4.90 Å². The van der Waals surface area contributed by atoms with E-state index in [0.717, 1.165) is 35.3 Å². The third kappa shape index (κ3) is 6.22. The molecule has 4 aromatic rings. The number of alkyl halides is 3. The Morgan fingerprint density at radius 2 is 1.76 bits per heavy atom. The number of aromatic nitrogens is 3. The van der Waals surface area contributed by atoms with Crippen LogP contribution in [0.1, 0.15) is 37.7 Å². The van der Waals surface area contributed by atoms with Crippen LogP contribution in [0.15, 0.2) is 67.0 Å². The summed E-state index contributed by atoms with van der Waals surface area (Å²) in [6.07, 6.45) is -1.29. The molecule has 0 aliphatic carbocycles. The lowest BCUT2D eigenvalue weighted by Gasteiger charge is -2.31. The molecule has 210 valence electrons. The van der Waals surface area contributed by atoms with Gasteiger partial charge in [-0.15, -0.1) is 0 Å². The molecule has 0 radical (unpaired) electrons. The molecule has 0 saturated carbocycles. The SMILES string of the molecule is CNC(=O)c1ccc(Nc2ncc3c(n2)CCN(c2cc(NC(=O)c4ncccc4C(F)(F)F)ccc2Cl)C3)cc1. The van der Waals surface area contributed by atoms with Crippen LogP contribution in [0.4, 0.5) is 36.2 Å². The number of pyridine rings is 1. The van der Waals surface area contributed by atoms with Crippen molar-refractivity contribution in [1.29, 1.82) is 0 Å². The Hall–Kier alpha value is -4.71. The largest absolute Gasteiger partial charge is 0.418 e. The maximum atomic E-state index is 13.3. The molecule has 9 nitrogen and oxygen atoms in total. The summed E-state index contributed by atoms with van der Waals surface area (Å²) < 4.78 is 40.0. The molecule has 5 rings (SSSR count). The Morgan fingerprint density at radius 3 is 2.49 bits per heavy atom. The lowest BCUT2D eigenvalue weighted by Crippen LogP contribution is -2.31. The highest BCUT2D eigenvalue weighted by Gasteiger charge is 2.36. The fourth-order valence-corrected chi connectivity index (χ4v) is 4.64. The van der Waals surface area contributed by atoms with Gasteiger partial charge < -0.3 is 20.9 Å². The maximum absolute atomic E-state index is 13.3. The number of rotatable bonds is 6. The zero-order chi connectivity index (χ0) is 29.1. The van der Waals surface area contributed by atoms with Crippen molar-refractivity contribution >= 4 is 46.4 Å². The van der Waals surface area contributed by atoms with E-state index in [0.29, 0.717) is 41.7 Å². The molecule has 0 fully saturated rings. The molecule has 41 heavy (non-hydrogen) atoms. The smallest absolute Gasteiger partial charge is 0.365 e. The van der Waals surface area contributed by atoms with Gasteiger partial charge in [0, 0.05) is 61.5 Å². The first kappa shape index (κ1) is 27.8. The molecular weight excluding hydrogens is 559 g/mol. The lowest BCUT2D eigenvalue weighted by atomic mass is 10.1. The standard InChI is InChI=1S/C28H23ClF3N7O2/c1-33-25(40)16-4-6-18(7-5-16)37-27-35-14-17-15-39(12-10-22(17)38-27)23-13-19(8-9-21(23)29)36-26(41)24-20(28(30,31)32)3-2-11-34-24/h2-9,11,13-14H,10,12,15H2,1H3,(H,33,40)(H,36,41)(H,35,37,38). The van der Waals surface area contributed by atoms with Crippen molar-refractivity contribution in [3.63, 3.8) is 0 Å². The van der Waals surface area contributed by atoms with E-state index in [1.54, 1.807) is 49.6 Å². The van der Waals surface area contributed by atoms with Gasteiger partial charge in [-0.1, -0.05) is 11.6 Å². The molecule has 0 atom stereocenters. The molecule has 0 spiro atoms. The number of halogens is 4. The van der Waals surface area contributed by atoms with Crippen LogP contribution in [0.5, 0.6) is 0 Å². The number of amides is 2. The van der Waals surface area contributed by atoms with Crippen molar-refractivity contribution in [2.24, 2.45) is 0 Å². The number of carbonyl (C=O) groups excluding carboxylic acids is 2. The number of hydrogen-bond donors (Lipinski definition) is 3. The summed E-state index contributed by atoms with van der Waals surface area (Å²) >= 11 is 6.47. The van der Waals surface area contributed by atoms with Gasteiger partial charge in [-0.25, -0.2) is 9.97 Å². The predicted molar refractivity (Wildman–Crippen MR) is 149 cm³/mol. The summed E-state index contributed by atoms with van der Waals surface area (Å²) in [6, 6.07) is 13.6. The van der Waals surface area contributed by atoms with E-state index >= 15 is 0 Å². The van der Waals surface area contributed by atoms with Gasteiger partial charge in [0.1, 0.15) is 5.69 Å². The van der Waals surface area contributed by atoms with Crippen molar-refractivity contribution in [3.8, 4) is 0 Å². The molecule has 1 aliphatic rings. The first-order valence-corrected chi connectivity index (χ1v) is 12.8. The van der Waals surface area contributed by atoms with Crippen LogP contribution in [-0.4, -0.2) is 40.4 Å². The van der Waals surface area contributed by atoms with Gasteiger partial charge in [0.15, 0.2) is 0 Å². The molecule has 2 aromatic heterocycles. The Morgan fingerprint density at radius 1 is 1.00 bits per heavy atom. The second-order valence-electron chi connectivity index (χ2n) is 9.14. The fraction of sp³-hybridized carbons (Fsp3) is 0.179. The monoisotopic (exact) mass is 581 g/mol. The van der Waals surface area contributed by atoms with Crippen LogP contribution in [0.3, 0.4) is 0 Å². The van der Waals surface area contributed by atoms with Crippen molar-refractivity contribution < 1.29 is 22.8 Å². The van der Waals surface area contributed by atoms with E-state index in [-0.39, 0.29) is 11.6 Å². The van der Waals surface area contributed by atoms with Crippen LogP contribution in [-0.2, 0) is 19.1 Å². The van der Waals surface area contributed by atoms with Crippen LogP contribution >= 0.6 is 11.6 Å². The quantitative estimate of drug-likeness (QED) is 0.277. The summed E-state index contributed by atoms with van der Waals surface area (Å²) in [5.74, 6) is -0.741. The average molecular weight is 582 g/mol. The minimum atomic E-state index is -4.72. The molecule has 0 unspecified atom stereocenters. The summed E-state index contributed by atoms with van der Waals surface area (Å²) in [5, 5.41) is 8.63. The number of fused-ring (bicyclic) bond motifs is 1. The molecule has 13 heteroatoms. The van der Waals surface area contributed by atoms with Crippen molar-refractivity contribution in [2.45, 2.75) is 19.1 Å². The van der Waals surface area contributed by atoms with Crippen LogP contribution in [0, 0.1) is 0 Å². The summed E-state index contributed by atoms with van der Waals surface area (Å²) in [5.41, 5.74) is 2.05. The number of anilines is 4. The minimum Gasteiger partial charge on any atom is -0.365 e. The average Bonchev–Trinajstić information content (AvgIpc) is 2.97. The second kappa shape index (κ2) is 11.4. The Balaban J connectivity index is 1.29. The molecular formula is C28H23ClF3N7O2. The third-order valence-electron chi connectivity index (χ3n) is 6.44. The normalized spacial score (nSPS) is 12.9. The molecule has 3 heterocycles. The van der Waals surface area contributed by atoms with Crippen molar-refractivity contribution in [1.82, 2.24) is 20.3 Å². The highest BCUT2D eigenvalue weighted by Crippen LogP contribution is 2.34. The van der Waals surface area contributed by atoms with Crippen molar-refractivity contribution in [2.75, 3.05) is 29.1 Å². The van der Waals surface area contributed by atoms with Gasteiger partial charge in [-0.3, -0.25) is 14.6 Å². The third-order valence-corrected chi connectivity index (χ3v) is 6.76. The Kier molecular flexibility index (Phi) is 7.75. The molecule has 2 amide bonds. The first-order chi connectivity index (χ1) is 19.6. The topological polar surface area (TPSA) is 112 Å². The molecule has 0 bridgehead atoms. The van der Waals surface area contributed by atoms with Crippen LogP contribution in [0.2, 0.25) is 5.02 Å². The van der Waals surface area contributed by atoms with Crippen LogP contribution < -0.4 is 20.9 Å². The number of nitrogens with one attached hydrogen (secondary N) is 3. The lowest BCUT2D eigenvalue weighted by molar-refractivity contribution is -0.138. The predicted octanol–water partition coefficient (Wildman–Crippen LogP) is 5.46. The summed E-state index contributed by atoms with van der Waals surface area (Å²) in [7, 11) is 1.57. The van der Waals surface area contributed by atoms with E-state index in [2.05, 4.69) is 30.9 Å². The highest BCUT2D eigenvalue weighted by atomic mass is 35.5. The van der Waals surface area contributed by atoms with Gasteiger partial charge in [-0.05, 0) is 54.6 Å². The van der Waals surface area contributed by atoms with Gasteiger partial charge in [0.05, 0.1) is 22.0 Å². The van der Waals surface area contributed by atoms with Gasteiger partial charge in [0.2, 0.25) is 5.95 Å². The fourth-order valence-electron chi connectivity index (χ4n) is 4.40. The zero-order valence-corrected chi connectivity index (χ0v) is 22.3. The Bertz CT molecular complexity index is 1610. The molecule has 2 aromatic carbocycles. The van der Waals surface area contributed by atoms with Crippen molar-refractivity contribution in [3.05, 3.63) is 100 Å². The van der Waals surface area contributed by atoms with Crippen LogP contribution in [0.25, 0.3) is 0 Å². The van der Waals surface area contributed by atoms with Gasteiger partial charge in [-0.2, -0.15) is 13.2 Å². The van der Waals surface area contributed by atoms with E-state index in [9.17, 15) is 22.8 Å². The maximum Gasteiger partial charge on any atom is 0.418 e. The highest BCUT2D eigenvalue weighted by molar-refractivity contribution is 6.33. The second-order valence-corrected chi connectivity index (χ2v) is 9.54. The molecule has 3 N–H and O–H groups in total. The van der Waals surface area contributed by atoms with E-state index < -0.39 is 23.3 Å². The van der Waals surface area contributed by atoms with Gasteiger partial charge in [0.25, 0.3) is 11.8 Å². The first-order valence-electron chi connectivity index (χ1n) is 12.4. The number of hydrogen-bond acceptors (Lipinski definition) is 7. The number of benzene rings is 2. The minimum absolute atomic E-state index is 0.178. The molecule has 0 saturated heterocycles. The van der Waals surface area contributed by atoms with E-state index in [4.69, 9.17) is 11.6 Å².